The van der Waals surface area contributed by atoms with Gasteiger partial charge in [-0.1, -0.05) is 22.0 Å². The second-order valence-corrected chi connectivity index (χ2v) is 9.01. The third-order valence-electron chi connectivity index (χ3n) is 5.71. The van der Waals surface area contributed by atoms with Crippen molar-refractivity contribution in [2.24, 2.45) is 0 Å². The van der Waals surface area contributed by atoms with Crippen LogP contribution in [0.4, 0.5) is 5.69 Å². The van der Waals surface area contributed by atoms with Crippen LogP contribution < -0.4 is 15.0 Å². The van der Waals surface area contributed by atoms with Gasteiger partial charge in [0.15, 0.2) is 5.11 Å². The van der Waals surface area contributed by atoms with Crippen LogP contribution in [-0.2, 0) is 0 Å². The average molecular weight is 519 g/mol. The number of hydrogen-bond acceptors (Lipinski definition) is 3. The molecule has 0 radical (unpaired) electrons. The van der Waals surface area contributed by atoms with E-state index in [1.54, 1.807) is 0 Å². The maximum Gasteiger partial charge on any atom is 0.174 e. The molecule has 2 atom stereocenters. The molecule has 1 fully saturated rings. The fraction of sp³-hybridized carbons (Fsp3) is 0.154. The molecule has 0 bridgehead atoms. The summed E-state index contributed by atoms with van der Waals surface area (Å²) in [4.78, 5) is 6.83. The molecule has 1 aliphatic rings. The van der Waals surface area contributed by atoms with E-state index in [-0.39, 0.29) is 12.1 Å². The van der Waals surface area contributed by atoms with Gasteiger partial charge >= 0.3 is 0 Å². The number of nitrogens with one attached hydrogen (secondary N) is 1. The van der Waals surface area contributed by atoms with Gasteiger partial charge in [0.2, 0.25) is 0 Å². The van der Waals surface area contributed by atoms with Gasteiger partial charge < -0.3 is 19.5 Å². The van der Waals surface area contributed by atoms with Crippen molar-refractivity contribution in [1.82, 2.24) is 14.9 Å². The highest BCUT2D eigenvalue weighted by Crippen LogP contribution is 2.42. The van der Waals surface area contributed by atoms with E-state index in [0.29, 0.717) is 11.7 Å². The zero-order chi connectivity index (χ0) is 22.8. The normalized spacial score (nSPS) is 17.8. The molecule has 2 aromatic heterocycles. The Morgan fingerprint density at radius 1 is 0.970 bits per heavy atom. The van der Waals surface area contributed by atoms with Gasteiger partial charge in [-0.05, 0) is 91.9 Å². The van der Waals surface area contributed by atoms with Crippen LogP contribution in [0.15, 0.2) is 95.7 Å². The van der Waals surface area contributed by atoms with Crippen molar-refractivity contribution in [1.29, 1.82) is 0 Å². The fourth-order valence-electron chi connectivity index (χ4n) is 4.28. The van der Waals surface area contributed by atoms with Crippen LogP contribution in [0.3, 0.4) is 0 Å². The molecule has 5 rings (SSSR count). The lowest BCUT2D eigenvalue weighted by Gasteiger charge is -2.29. The lowest BCUT2D eigenvalue weighted by molar-refractivity contribution is 0.340. The van der Waals surface area contributed by atoms with Gasteiger partial charge in [-0.2, -0.15) is 0 Å². The summed E-state index contributed by atoms with van der Waals surface area (Å²) < 4.78 is 8.90. The Morgan fingerprint density at radius 2 is 1.73 bits per heavy atom. The molecule has 4 aromatic rings. The van der Waals surface area contributed by atoms with Crippen LogP contribution in [0.25, 0.3) is 5.69 Å². The average Bonchev–Trinajstić information content (AvgIpc) is 3.45. The van der Waals surface area contributed by atoms with Crippen LogP contribution in [0.1, 0.15) is 30.4 Å². The van der Waals surface area contributed by atoms with E-state index in [9.17, 15) is 0 Å². The fourth-order valence-corrected chi connectivity index (χ4v) is 4.89. The molecule has 33 heavy (non-hydrogen) atoms. The molecule has 5 nitrogen and oxygen atoms in total. The molecule has 0 amide bonds. The predicted molar refractivity (Wildman–Crippen MR) is 139 cm³/mol. The molecule has 2 aromatic carbocycles. The zero-order valence-corrected chi connectivity index (χ0v) is 20.5. The molecule has 1 N–H and O–H groups in total. The van der Waals surface area contributed by atoms with Crippen molar-refractivity contribution < 1.29 is 4.74 Å². The topological polar surface area (TPSA) is 42.3 Å². The highest BCUT2D eigenvalue weighted by Gasteiger charge is 2.42. The molecular formula is C26H23BrN4OS. The minimum atomic E-state index is -0.102. The number of halogens is 1. The molecule has 7 heteroatoms. The Kier molecular flexibility index (Phi) is 6.15. The third kappa shape index (κ3) is 4.26. The Labute approximate surface area is 207 Å². The summed E-state index contributed by atoms with van der Waals surface area (Å²) in [5.41, 5.74) is 4.15. The van der Waals surface area contributed by atoms with E-state index in [1.165, 1.54) is 0 Å². The zero-order valence-electron chi connectivity index (χ0n) is 18.1. The number of nitrogens with zero attached hydrogens (tertiary/aromatic N) is 3. The highest BCUT2D eigenvalue weighted by molar-refractivity contribution is 9.10. The summed E-state index contributed by atoms with van der Waals surface area (Å²) in [7, 11) is 0. The molecule has 166 valence electrons. The summed E-state index contributed by atoms with van der Waals surface area (Å²) in [6.07, 6.45) is 3.91. The van der Waals surface area contributed by atoms with E-state index in [1.807, 2.05) is 43.5 Å². The molecule has 0 unspecified atom stereocenters. The standard InChI is InChI=1S/C26H23BrN4OS/c1-2-32-21-14-12-20(13-15-21)31-25(24(29-26(31)33)22-6-3-4-16-28-22)23-7-5-17-30(23)19-10-8-18(27)9-11-19/h3-17,24-25H,2H2,1H3,(H,29,33)/t24-,25-/m1/s1. The van der Waals surface area contributed by atoms with E-state index >= 15 is 0 Å². The summed E-state index contributed by atoms with van der Waals surface area (Å²) in [5, 5.41) is 4.20. The molecule has 0 spiro atoms. The molecule has 1 aliphatic heterocycles. The van der Waals surface area contributed by atoms with Crippen LogP contribution >= 0.6 is 28.1 Å². The number of anilines is 1. The maximum absolute atomic E-state index is 5.85. The van der Waals surface area contributed by atoms with Crippen molar-refractivity contribution in [3.05, 3.63) is 107 Å². The van der Waals surface area contributed by atoms with Crippen molar-refractivity contribution in [3.63, 3.8) is 0 Å². The number of thiocarbonyl (C=S) groups is 1. The quantitative estimate of drug-likeness (QED) is 0.307. The second kappa shape index (κ2) is 9.37. The molecule has 0 aliphatic carbocycles. The lowest BCUT2D eigenvalue weighted by Crippen LogP contribution is -2.30. The molecule has 3 heterocycles. The number of ether oxygens (including phenoxy) is 1. The first-order chi connectivity index (χ1) is 16.2. The number of benzene rings is 2. The van der Waals surface area contributed by atoms with E-state index in [0.717, 1.165) is 33.0 Å². The van der Waals surface area contributed by atoms with Gasteiger partial charge in [0, 0.05) is 33.9 Å². The van der Waals surface area contributed by atoms with E-state index < -0.39 is 0 Å². The Hall–Kier alpha value is -3.16. The molecular weight excluding hydrogens is 496 g/mol. The minimum Gasteiger partial charge on any atom is -0.494 e. The largest absolute Gasteiger partial charge is 0.494 e. The minimum absolute atomic E-state index is 0.0935. The summed E-state index contributed by atoms with van der Waals surface area (Å²) >= 11 is 9.39. The smallest absolute Gasteiger partial charge is 0.174 e. The van der Waals surface area contributed by atoms with Gasteiger partial charge in [-0.15, -0.1) is 0 Å². The SMILES string of the molecule is CCOc1ccc(N2C(=S)N[C@H](c3ccccn3)[C@H]2c2cccn2-c2ccc(Br)cc2)cc1. The first kappa shape index (κ1) is 21.7. The van der Waals surface area contributed by atoms with Crippen LogP contribution in [0.2, 0.25) is 0 Å². The predicted octanol–water partition coefficient (Wildman–Crippen LogP) is 6.21. The summed E-state index contributed by atoms with van der Waals surface area (Å²) in [6.45, 7) is 2.62. The van der Waals surface area contributed by atoms with Gasteiger partial charge in [0.05, 0.1) is 18.3 Å². The molecule has 1 saturated heterocycles. The third-order valence-corrected chi connectivity index (χ3v) is 6.56. The Bertz CT molecular complexity index is 1240. The molecule has 0 saturated carbocycles. The van der Waals surface area contributed by atoms with Crippen molar-refractivity contribution in [3.8, 4) is 11.4 Å². The van der Waals surface area contributed by atoms with Crippen molar-refractivity contribution in [2.45, 2.75) is 19.0 Å². The summed E-state index contributed by atoms with van der Waals surface area (Å²) in [5.74, 6) is 0.843. The van der Waals surface area contributed by atoms with Crippen molar-refractivity contribution in [2.75, 3.05) is 11.5 Å². The number of pyridine rings is 1. The van der Waals surface area contributed by atoms with Gasteiger partial charge in [0.25, 0.3) is 0 Å². The van der Waals surface area contributed by atoms with E-state index in [2.05, 4.69) is 90.4 Å². The lowest BCUT2D eigenvalue weighted by atomic mass is 10.0. The Balaban J connectivity index is 1.62. The van der Waals surface area contributed by atoms with Gasteiger partial charge in [0.1, 0.15) is 11.8 Å². The second-order valence-electron chi connectivity index (χ2n) is 7.70. The highest BCUT2D eigenvalue weighted by atomic mass is 79.9. The first-order valence-corrected chi connectivity index (χ1v) is 12.0. The summed E-state index contributed by atoms with van der Waals surface area (Å²) in [6, 6.07) is 26.4. The van der Waals surface area contributed by atoms with Crippen LogP contribution in [0, 0.1) is 0 Å². The first-order valence-electron chi connectivity index (χ1n) is 10.8. The maximum atomic E-state index is 5.85. The number of rotatable bonds is 6. The monoisotopic (exact) mass is 518 g/mol. The van der Waals surface area contributed by atoms with Crippen molar-refractivity contribution >= 4 is 38.9 Å². The van der Waals surface area contributed by atoms with Gasteiger partial charge in [-0.25, -0.2) is 0 Å². The Morgan fingerprint density at radius 3 is 2.42 bits per heavy atom. The van der Waals surface area contributed by atoms with Crippen LogP contribution in [-0.4, -0.2) is 21.3 Å². The number of hydrogen-bond donors (Lipinski definition) is 1. The van der Waals surface area contributed by atoms with Gasteiger partial charge in [-0.3, -0.25) is 4.98 Å². The van der Waals surface area contributed by atoms with E-state index in [4.69, 9.17) is 17.0 Å². The van der Waals surface area contributed by atoms with Crippen LogP contribution in [0.5, 0.6) is 5.75 Å². The number of aromatic nitrogens is 2.